The standard InChI is InChI=1S/C14H22FNO2/c1-10(2)14(6-7-17)16-9-11-4-5-12(18-3)8-13(11)15/h4-5,8,10,14,16-17H,6-7,9H2,1-3H3. The van der Waals surface area contributed by atoms with E-state index in [1.807, 2.05) is 0 Å². The summed E-state index contributed by atoms with van der Waals surface area (Å²) in [6.45, 7) is 4.76. The summed E-state index contributed by atoms with van der Waals surface area (Å²) in [4.78, 5) is 0. The Morgan fingerprint density at radius 3 is 2.61 bits per heavy atom. The zero-order valence-corrected chi connectivity index (χ0v) is 11.2. The lowest BCUT2D eigenvalue weighted by molar-refractivity contribution is 0.243. The van der Waals surface area contributed by atoms with Gasteiger partial charge in [0.1, 0.15) is 11.6 Å². The lowest BCUT2D eigenvalue weighted by Gasteiger charge is -2.21. The second-order valence-electron chi connectivity index (χ2n) is 4.70. The van der Waals surface area contributed by atoms with Crippen LogP contribution in [0.15, 0.2) is 18.2 Å². The molecule has 18 heavy (non-hydrogen) atoms. The van der Waals surface area contributed by atoms with Gasteiger partial charge in [0.05, 0.1) is 7.11 Å². The van der Waals surface area contributed by atoms with Gasteiger partial charge in [0.2, 0.25) is 0 Å². The number of hydrogen-bond donors (Lipinski definition) is 2. The van der Waals surface area contributed by atoms with Crippen LogP contribution < -0.4 is 10.1 Å². The van der Waals surface area contributed by atoms with Crippen molar-refractivity contribution in [1.29, 1.82) is 0 Å². The van der Waals surface area contributed by atoms with Crippen molar-refractivity contribution in [1.82, 2.24) is 5.32 Å². The molecule has 1 aromatic rings. The summed E-state index contributed by atoms with van der Waals surface area (Å²) in [5.74, 6) is 0.652. The second kappa shape index (κ2) is 7.34. The summed E-state index contributed by atoms with van der Waals surface area (Å²) in [7, 11) is 1.52. The molecule has 0 aromatic heterocycles. The molecule has 0 saturated carbocycles. The van der Waals surface area contributed by atoms with Crippen LogP contribution in [0.1, 0.15) is 25.8 Å². The van der Waals surface area contributed by atoms with Crippen molar-refractivity contribution in [2.75, 3.05) is 13.7 Å². The van der Waals surface area contributed by atoms with Crippen LogP contribution in [0.5, 0.6) is 5.75 Å². The summed E-state index contributed by atoms with van der Waals surface area (Å²) >= 11 is 0. The van der Waals surface area contributed by atoms with Crippen LogP contribution in [-0.2, 0) is 6.54 Å². The molecule has 1 unspecified atom stereocenters. The Bertz CT molecular complexity index is 369. The number of aliphatic hydroxyl groups is 1. The van der Waals surface area contributed by atoms with Crippen molar-refractivity contribution in [3.8, 4) is 5.75 Å². The Labute approximate surface area is 108 Å². The summed E-state index contributed by atoms with van der Waals surface area (Å²) in [5, 5.41) is 12.2. The second-order valence-corrected chi connectivity index (χ2v) is 4.70. The summed E-state index contributed by atoms with van der Waals surface area (Å²) in [5.41, 5.74) is 0.611. The van der Waals surface area contributed by atoms with Crippen molar-refractivity contribution in [3.05, 3.63) is 29.6 Å². The third kappa shape index (κ3) is 4.27. The molecule has 0 amide bonds. The molecule has 0 aliphatic heterocycles. The van der Waals surface area contributed by atoms with Crippen molar-refractivity contribution >= 4 is 0 Å². The van der Waals surface area contributed by atoms with E-state index in [2.05, 4.69) is 19.2 Å². The molecule has 2 N–H and O–H groups in total. The molecule has 3 nitrogen and oxygen atoms in total. The number of ether oxygens (including phenoxy) is 1. The largest absolute Gasteiger partial charge is 0.497 e. The number of hydrogen-bond acceptors (Lipinski definition) is 3. The highest BCUT2D eigenvalue weighted by Gasteiger charge is 2.13. The van der Waals surface area contributed by atoms with Crippen LogP contribution in [0.25, 0.3) is 0 Å². The van der Waals surface area contributed by atoms with Crippen LogP contribution >= 0.6 is 0 Å². The number of methoxy groups -OCH3 is 1. The van der Waals surface area contributed by atoms with E-state index in [4.69, 9.17) is 9.84 Å². The molecule has 0 heterocycles. The third-order valence-electron chi connectivity index (χ3n) is 3.06. The molecular formula is C14H22FNO2. The fourth-order valence-corrected chi connectivity index (χ4v) is 1.85. The highest BCUT2D eigenvalue weighted by atomic mass is 19.1. The van der Waals surface area contributed by atoms with Gasteiger partial charge in [-0.2, -0.15) is 0 Å². The number of benzene rings is 1. The topological polar surface area (TPSA) is 41.5 Å². The Morgan fingerprint density at radius 2 is 2.11 bits per heavy atom. The lowest BCUT2D eigenvalue weighted by atomic mass is 10.0. The quantitative estimate of drug-likeness (QED) is 0.785. The molecule has 0 fully saturated rings. The van der Waals surface area contributed by atoms with Gasteiger partial charge in [-0.25, -0.2) is 4.39 Å². The first-order valence-electron chi connectivity index (χ1n) is 6.25. The molecule has 0 bridgehead atoms. The molecule has 1 aromatic carbocycles. The number of aliphatic hydroxyl groups excluding tert-OH is 1. The summed E-state index contributed by atoms with van der Waals surface area (Å²) in [6.07, 6.45) is 0.676. The Hall–Kier alpha value is -1.13. The van der Waals surface area contributed by atoms with Gasteiger partial charge in [-0.05, 0) is 18.4 Å². The molecule has 102 valence electrons. The van der Waals surface area contributed by atoms with Gasteiger partial charge >= 0.3 is 0 Å². The first kappa shape index (κ1) is 14.9. The Morgan fingerprint density at radius 1 is 1.39 bits per heavy atom. The first-order valence-corrected chi connectivity index (χ1v) is 6.25. The number of halogens is 1. The van der Waals surface area contributed by atoms with E-state index in [0.29, 0.717) is 30.2 Å². The SMILES string of the molecule is COc1ccc(CNC(CCO)C(C)C)c(F)c1. The van der Waals surface area contributed by atoms with Gasteiger partial charge in [-0.3, -0.25) is 0 Å². The lowest BCUT2D eigenvalue weighted by Crippen LogP contribution is -2.34. The maximum Gasteiger partial charge on any atom is 0.131 e. The Kier molecular flexibility index (Phi) is 6.09. The molecule has 0 aliphatic rings. The Balaban J connectivity index is 2.61. The average Bonchev–Trinajstić information content (AvgIpc) is 2.35. The number of nitrogens with one attached hydrogen (secondary N) is 1. The normalized spacial score (nSPS) is 12.8. The van der Waals surface area contributed by atoms with Gasteiger partial charge in [0, 0.05) is 30.8 Å². The van der Waals surface area contributed by atoms with E-state index in [0.717, 1.165) is 0 Å². The van der Waals surface area contributed by atoms with E-state index in [1.165, 1.54) is 13.2 Å². The van der Waals surface area contributed by atoms with Crippen molar-refractivity contribution in [2.24, 2.45) is 5.92 Å². The minimum Gasteiger partial charge on any atom is -0.497 e. The van der Waals surface area contributed by atoms with Gasteiger partial charge in [-0.15, -0.1) is 0 Å². The minimum absolute atomic E-state index is 0.140. The third-order valence-corrected chi connectivity index (χ3v) is 3.06. The molecule has 1 rings (SSSR count). The smallest absolute Gasteiger partial charge is 0.131 e. The predicted octanol–water partition coefficient (Wildman–Crippen LogP) is 2.33. The molecule has 0 spiro atoms. The minimum atomic E-state index is -0.270. The van der Waals surface area contributed by atoms with E-state index >= 15 is 0 Å². The van der Waals surface area contributed by atoms with Crippen LogP contribution in [0.3, 0.4) is 0 Å². The number of rotatable bonds is 7. The molecule has 0 aliphatic carbocycles. The van der Waals surface area contributed by atoms with Crippen LogP contribution in [0, 0.1) is 11.7 Å². The maximum absolute atomic E-state index is 13.7. The van der Waals surface area contributed by atoms with Gasteiger partial charge in [0.25, 0.3) is 0 Å². The summed E-state index contributed by atoms with van der Waals surface area (Å²) in [6, 6.07) is 5.04. The zero-order valence-electron chi connectivity index (χ0n) is 11.2. The maximum atomic E-state index is 13.7. The van der Waals surface area contributed by atoms with Crippen LogP contribution in [0.4, 0.5) is 4.39 Å². The van der Waals surface area contributed by atoms with Crippen molar-refractivity contribution in [2.45, 2.75) is 32.9 Å². The van der Waals surface area contributed by atoms with Crippen molar-refractivity contribution in [3.63, 3.8) is 0 Å². The molecular weight excluding hydrogens is 233 g/mol. The van der Waals surface area contributed by atoms with Gasteiger partial charge < -0.3 is 15.2 Å². The highest BCUT2D eigenvalue weighted by molar-refractivity contribution is 5.28. The molecule has 0 radical (unpaired) electrons. The highest BCUT2D eigenvalue weighted by Crippen LogP contribution is 2.16. The van der Waals surface area contributed by atoms with Gasteiger partial charge in [0.15, 0.2) is 0 Å². The van der Waals surface area contributed by atoms with E-state index in [9.17, 15) is 4.39 Å². The van der Waals surface area contributed by atoms with E-state index in [-0.39, 0.29) is 18.5 Å². The molecule has 0 saturated heterocycles. The first-order chi connectivity index (χ1) is 8.58. The monoisotopic (exact) mass is 255 g/mol. The molecule has 4 heteroatoms. The summed E-state index contributed by atoms with van der Waals surface area (Å²) < 4.78 is 18.7. The average molecular weight is 255 g/mol. The fraction of sp³-hybridized carbons (Fsp3) is 0.571. The van der Waals surface area contributed by atoms with E-state index in [1.54, 1.807) is 12.1 Å². The molecule has 1 atom stereocenters. The van der Waals surface area contributed by atoms with Gasteiger partial charge in [-0.1, -0.05) is 19.9 Å². The van der Waals surface area contributed by atoms with E-state index < -0.39 is 0 Å². The van der Waals surface area contributed by atoms with Crippen LogP contribution in [0.2, 0.25) is 0 Å². The fourth-order valence-electron chi connectivity index (χ4n) is 1.85. The van der Waals surface area contributed by atoms with Crippen molar-refractivity contribution < 1.29 is 14.2 Å². The predicted molar refractivity (Wildman–Crippen MR) is 70.1 cm³/mol. The van der Waals surface area contributed by atoms with Crippen LogP contribution in [-0.4, -0.2) is 24.9 Å². The zero-order chi connectivity index (χ0) is 13.5.